The maximum atomic E-state index is 6.63. The molecule has 6 heterocycles. The average Bonchev–Trinajstić information content (AvgIpc) is 4.06. The van der Waals surface area contributed by atoms with Gasteiger partial charge in [-0.25, -0.2) is 9.97 Å². The van der Waals surface area contributed by atoms with E-state index in [1.54, 1.807) is 0 Å². The maximum Gasteiger partial charge on any atom is 0.120 e. The van der Waals surface area contributed by atoms with Gasteiger partial charge in [-0.15, -0.1) is 0 Å². The van der Waals surface area contributed by atoms with E-state index in [4.69, 9.17) is 19.4 Å². The standard InChI is InChI=1S/C70H50N6O2/c1-5-15-49(16-6-1)63-35-47(36-64(73-63)50-17-7-2-8-18-50)45-77-57-27-29-67-59(41-57)61-43-71-33-31-69(61)75(67)55-25-13-23-53(39-55)54-24-14-26-56(40-54)76-68-30-28-58(42-60(68)62-44-72-34-32-70(62)76)78-46-48-37-65(51-19-9-3-10-20-51)74-66(38-48)52-21-11-4-12-22-52/h1-3,5-11,13-44H,4,12,45-46H2. The Morgan fingerprint density at radius 1 is 0.372 bits per heavy atom. The lowest BCUT2D eigenvalue weighted by atomic mass is 10.0. The SMILES string of the molecule is C1=CC(c2cc(COc3ccc4c(c3)c3cnccc3n4-c3cccc(-c4cccc(-n5c6ccncc6c6cc(OCc7cc(-c8ccccc8)nc(-c8ccccc8)c7)ccc65)c4)c3)cc(-c3ccccc3)n2)=CCC1. The fourth-order valence-corrected chi connectivity index (χ4v) is 11.0. The summed E-state index contributed by atoms with van der Waals surface area (Å²) in [4.78, 5) is 19.3. The van der Waals surface area contributed by atoms with Crippen LogP contribution in [0, 0.1) is 0 Å². The summed E-state index contributed by atoms with van der Waals surface area (Å²) in [5.41, 5.74) is 18.7. The summed E-state index contributed by atoms with van der Waals surface area (Å²) in [5, 5.41) is 4.24. The van der Waals surface area contributed by atoms with Gasteiger partial charge in [0.1, 0.15) is 24.7 Å². The van der Waals surface area contributed by atoms with E-state index >= 15 is 0 Å². The van der Waals surface area contributed by atoms with E-state index in [-0.39, 0.29) is 0 Å². The van der Waals surface area contributed by atoms with E-state index in [1.807, 2.05) is 67.3 Å². The quantitative estimate of drug-likeness (QED) is 0.114. The fraction of sp³-hybridized carbons (Fsp3) is 0.0571. The molecule has 0 bridgehead atoms. The van der Waals surface area contributed by atoms with Crippen molar-refractivity contribution in [3.05, 3.63) is 272 Å². The van der Waals surface area contributed by atoms with Crippen molar-refractivity contribution >= 4 is 49.2 Å². The lowest BCUT2D eigenvalue weighted by Crippen LogP contribution is -2.01. The third kappa shape index (κ3) is 8.95. The summed E-state index contributed by atoms with van der Waals surface area (Å²) in [7, 11) is 0. The van der Waals surface area contributed by atoms with Crippen LogP contribution in [0.5, 0.6) is 11.5 Å². The largest absolute Gasteiger partial charge is 0.489 e. The number of benzene rings is 7. The Hall–Kier alpha value is -10.2. The molecule has 0 amide bonds. The van der Waals surface area contributed by atoms with E-state index < -0.39 is 0 Å². The van der Waals surface area contributed by atoms with Crippen molar-refractivity contribution in [2.75, 3.05) is 0 Å². The Morgan fingerprint density at radius 2 is 0.808 bits per heavy atom. The first kappa shape index (κ1) is 46.4. The van der Waals surface area contributed by atoms with Crippen molar-refractivity contribution in [2.24, 2.45) is 0 Å². The summed E-state index contributed by atoms with van der Waals surface area (Å²) < 4.78 is 17.9. The molecule has 1 aliphatic rings. The highest BCUT2D eigenvalue weighted by Gasteiger charge is 2.18. The molecule has 0 saturated carbocycles. The third-order valence-corrected chi connectivity index (χ3v) is 14.7. The predicted molar refractivity (Wildman–Crippen MR) is 316 cm³/mol. The van der Waals surface area contributed by atoms with Crippen LogP contribution in [0.4, 0.5) is 0 Å². The predicted octanol–water partition coefficient (Wildman–Crippen LogP) is 17.0. The molecule has 0 fully saturated rings. The third-order valence-electron chi connectivity index (χ3n) is 14.7. The van der Waals surface area contributed by atoms with Crippen molar-refractivity contribution in [2.45, 2.75) is 26.1 Å². The summed E-state index contributed by atoms with van der Waals surface area (Å²) in [6.07, 6.45) is 16.4. The second-order valence-electron chi connectivity index (χ2n) is 19.7. The Bertz CT molecular complexity index is 4390. The van der Waals surface area contributed by atoms with Gasteiger partial charge in [0.05, 0.1) is 44.8 Å². The summed E-state index contributed by atoms with van der Waals surface area (Å²) >= 11 is 0. The number of allylic oxidation sites excluding steroid dienone is 4. The normalized spacial score (nSPS) is 12.4. The Balaban J connectivity index is 0.759. The highest BCUT2D eigenvalue weighted by Crippen LogP contribution is 2.38. The van der Waals surface area contributed by atoms with Crippen molar-refractivity contribution < 1.29 is 9.47 Å². The number of nitrogens with zero attached hydrogens (tertiary/aromatic N) is 6. The molecular weight excluding hydrogens is 957 g/mol. The van der Waals surface area contributed by atoms with Crippen LogP contribution >= 0.6 is 0 Å². The van der Waals surface area contributed by atoms with Crippen molar-refractivity contribution in [3.63, 3.8) is 0 Å². The molecule has 0 saturated heterocycles. The van der Waals surface area contributed by atoms with Gasteiger partial charge in [0.25, 0.3) is 0 Å². The first-order valence-electron chi connectivity index (χ1n) is 26.4. The molecule has 0 radical (unpaired) electrons. The van der Waals surface area contributed by atoms with Gasteiger partial charge in [0.2, 0.25) is 0 Å². The number of ether oxygens (including phenoxy) is 2. The zero-order valence-corrected chi connectivity index (χ0v) is 42.6. The van der Waals surface area contributed by atoms with Gasteiger partial charge in [0.15, 0.2) is 0 Å². The van der Waals surface area contributed by atoms with Gasteiger partial charge in [-0.05, 0) is 138 Å². The van der Waals surface area contributed by atoms with Crippen LogP contribution < -0.4 is 9.47 Å². The van der Waals surface area contributed by atoms with Gasteiger partial charge in [0, 0.05) is 74.4 Å². The van der Waals surface area contributed by atoms with Crippen LogP contribution in [0.1, 0.15) is 29.7 Å². The molecule has 372 valence electrons. The number of fused-ring (bicyclic) bond motifs is 6. The van der Waals surface area contributed by atoms with Crippen molar-refractivity contribution in [1.29, 1.82) is 0 Å². The number of pyridine rings is 4. The zero-order valence-electron chi connectivity index (χ0n) is 42.6. The maximum absolute atomic E-state index is 6.63. The van der Waals surface area contributed by atoms with Crippen molar-refractivity contribution in [3.8, 4) is 67.8 Å². The van der Waals surface area contributed by atoms with Crippen LogP contribution in [0.15, 0.2) is 255 Å². The fourth-order valence-electron chi connectivity index (χ4n) is 11.0. The molecule has 14 rings (SSSR count). The van der Waals surface area contributed by atoms with Gasteiger partial charge < -0.3 is 18.6 Å². The molecule has 8 heteroatoms. The van der Waals surface area contributed by atoms with Gasteiger partial charge in [-0.2, -0.15) is 0 Å². The molecule has 0 unspecified atom stereocenters. The molecule has 13 aromatic rings. The average molecular weight is 1010 g/mol. The number of hydrogen-bond donors (Lipinski definition) is 0. The Kier molecular flexibility index (Phi) is 12.0. The van der Waals surface area contributed by atoms with Crippen molar-refractivity contribution in [1.82, 2.24) is 29.1 Å². The van der Waals surface area contributed by atoms with E-state index in [0.717, 1.165) is 147 Å². The molecule has 0 spiro atoms. The van der Waals surface area contributed by atoms with Gasteiger partial charge in [-0.3, -0.25) is 9.97 Å². The highest BCUT2D eigenvalue weighted by molar-refractivity contribution is 6.10. The molecule has 0 atom stereocenters. The molecule has 0 aliphatic heterocycles. The molecule has 1 aliphatic carbocycles. The summed E-state index contributed by atoms with van der Waals surface area (Å²) in [5.74, 6) is 1.57. The van der Waals surface area contributed by atoms with E-state index in [2.05, 4.69) is 207 Å². The lowest BCUT2D eigenvalue weighted by Gasteiger charge is -2.14. The zero-order chi connectivity index (χ0) is 51.8. The number of aromatic nitrogens is 6. The Morgan fingerprint density at radius 3 is 1.27 bits per heavy atom. The van der Waals surface area contributed by atoms with Crippen LogP contribution in [0.2, 0.25) is 0 Å². The van der Waals surface area contributed by atoms with E-state index in [1.165, 1.54) is 0 Å². The lowest BCUT2D eigenvalue weighted by molar-refractivity contribution is 0.306. The first-order valence-corrected chi connectivity index (χ1v) is 26.4. The van der Waals surface area contributed by atoms with Crippen LogP contribution in [-0.4, -0.2) is 29.1 Å². The minimum absolute atomic E-state index is 0.383. The molecule has 6 aromatic heterocycles. The summed E-state index contributed by atoms with van der Waals surface area (Å²) in [6.45, 7) is 0.783. The second-order valence-corrected chi connectivity index (χ2v) is 19.7. The molecule has 7 aromatic carbocycles. The molecular formula is C70H50N6O2. The van der Waals surface area contributed by atoms with Gasteiger partial charge in [-0.1, -0.05) is 133 Å². The minimum atomic E-state index is 0.383. The Labute approximate surface area is 451 Å². The minimum Gasteiger partial charge on any atom is -0.489 e. The number of rotatable bonds is 13. The number of hydrogen-bond acceptors (Lipinski definition) is 6. The topological polar surface area (TPSA) is 79.9 Å². The van der Waals surface area contributed by atoms with E-state index in [0.29, 0.717) is 13.2 Å². The smallest absolute Gasteiger partial charge is 0.120 e. The van der Waals surface area contributed by atoms with Crippen LogP contribution in [0.25, 0.3) is 105 Å². The summed E-state index contributed by atoms with van der Waals surface area (Å²) in [6, 6.07) is 74.0. The second kappa shape index (κ2) is 20.2. The van der Waals surface area contributed by atoms with E-state index in [9.17, 15) is 0 Å². The van der Waals surface area contributed by atoms with Gasteiger partial charge >= 0.3 is 0 Å². The molecule has 0 N–H and O–H groups in total. The monoisotopic (exact) mass is 1010 g/mol. The molecule has 78 heavy (non-hydrogen) atoms. The van der Waals surface area contributed by atoms with Crippen LogP contribution in [0.3, 0.4) is 0 Å². The van der Waals surface area contributed by atoms with Crippen LogP contribution in [-0.2, 0) is 13.2 Å². The highest BCUT2D eigenvalue weighted by atomic mass is 16.5. The first-order chi connectivity index (χ1) is 38.6. The molecule has 8 nitrogen and oxygen atoms in total.